The highest BCUT2D eigenvalue weighted by molar-refractivity contribution is 7.91. The van der Waals surface area contributed by atoms with Gasteiger partial charge in [-0.3, -0.25) is 9.69 Å². The van der Waals surface area contributed by atoms with E-state index in [2.05, 4.69) is 0 Å². The largest absolute Gasteiger partial charge is 0.442 e. The van der Waals surface area contributed by atoms with Gasteiger partial charge in [-0.2, -0.15) is 8.78 Å². The van der Waals surface area contributed by atoms with Gasteiger partial charge < -0.3 is 15.0 Å². The summed E-state index contributed by atoms with van der Waals surface area (Å²) < 4.78 is 66.9. The lowest BCUT2D eigenvalue weighted by molar-refractivity contribution is -0.132. The van der Waals surface area contributed by atoms with E-state index in [1.54, 1.807) is 4.90 Å². The molecule has 2 saturated heterocycles. The summed E-state index contributed by atoms with van der Waals surface area (Å²) in [7, 11) is -3.10. The Hall–Kier alpha value is -2.50. The second-order valence-corrected chi connectivity index (χ2v) is 8.74. The average molecular weight is 421 g/mol. The molecule has 28 heavy (non-hydrogen) atoms. The molecule has 8 nitrogen and oxygen atoms in total. The number of hydrogen-bond acceptors (Lipinski definition) is 6. The number of nitrogens with one attached hydrogen (secondary N) is 1. The van der Waals surface area contributed by atoms with Gasteiger partial charge in [0.15, 0.2) is 9.84 Å². The van der Waals surface area contributed by atoms with Crippen molar-refractivity contribution in [2.75, 3.05) is 47.5 Å². The van der Waals surface area contributed by atoms with Crippen LogP contribution in [-0.2, 0) is 19.4 Å². The molecular weight excluding hydrogens is 403 g/mol. The molecule has 0 bridgehead atoms. The molecule has 2 aliphatic heterocycles. The van der Waals surface area contributed by atoms with Gasteiger partial charge in [0, 0.05) is 13.1 Å². The first-order chi connectivity index (χ1) is 13.2. The Morgan fingerprint density at radius 1 is 1.29 bits per heavy atom. The lowest BCUT2D eigenvalue weighted by Crippen LogP contribution is -2.40. The average Bonchev–Trinajstić information content (AvgIpc) is 3.00. The smallest absolute Gasteiger partial charge is 0.414 e. The van der Waals surface area contributed by atoms with Gasteiger partial charge in [0.2, 0.25) is 0 Å². The molecule has 1 atom stereocenters. The molecular formula is C16H18F3N3O5S. The summed E-state index contributed by atoms with van der Waals surface area (Å²) in [5, 5.41) is 1.96. The number of alkyl halides is 2. The molecule has 154 valence electrons. The van der Waals surface area contributed by atoms with Crippen molar-refractivity contribution < 1.29 is 35.9 Å². The Morgan fingerprint density at radius 2 is 1.96 bits per heavy atom. The van der Waals surface area contributed by atoms with Crippen LogP contribution in [0, 0.1) is 5.82 Å². The zero-order chi connectivity index (χ0) is 20.5. The number of carbonyl (C=O) groups excluding carboxylic acids is 2. The van der Waals surface area contributed by atoms with Gasteiger partial charge in [-0.25, -0.2) is 17.6 Å². The van der Waals surface area contributed by atoms with Crippen molar-refractivity contribution >= 4 is 33.2 Å². The van der Waals surface area contributed by atoms with E-state index in [1.807, 2.05) is 5.32 Å². The normalized spacial score (nSPS) is 21.7. The van der Waals surface area contributed by atoms with Crippen molar-refractivity contribution in [3.05, 3.63) is 24.0 Å². The summed E-state index contributed by atoms with van der Waals surface area (Å²) in [6.45, 7) is 0.0316. The number of cyclic esters (lactones) is 1. The number of carbonyl (C=O) groups is 2. The predicted molar refractivity (Wildman–Crippen MR) is 93.9 cm³/mol. The predicted octanol–water partition coefficient (Wildman–Crippen LogP) is 0.767. The van der Waals surface area contributed by atoms with E-state index in [0.29, 0.717) is 0 Å². The van der Waals surface area contributed by atoms with Crippen LogP contribution in [0.3, 0.4) is 0 Å². The fraction of sp³-hybridized carbons (Fsp3) is 0.500. The zero-order valence-corrected chi connectivity index (χ0v) is 15.4. The van der Waals surface area contributed by atoms with Crippen molar-refractivity contribution in [1.82, 2.24) is 5.32 Å². The number of anilines is 2. The molecule has 1 aromatic rings. The number of amides is 2. The Kier molecular flexibility index (Phi) is 5.68. The fourth-order valence-corrected chi connectivity index (χ4v) is 4.20. The lowest BCUT2D eigenvalue weighted by atomic mass is 10.2. The van der Waals surface area contributed by atoms with Crippen molar-refractivity contribution in [1.29, 1.82) is 0 Å². The monoisotopic (exact) mass is 421 g/mol. The van der Waals surface area contributed by atoms with E-state index in [0.717, 1.165) is 11.0 Å². The van der Waals surface area contributed by atoms with Gasteiger partial charge in [-0.1, -0.05) is 0 Å². The van der Waals surface area contributed by atoms with Crippen LogP contribution in [-0.4, -0.2) is 70.6 Å². The third kappa shape index (κ3) is 4.49. The Balaban J connectivity index is 1.65. The van der Waals surface area contributed by atoms with Crippen LogP contribution in [0.1, 0.15) is 0 Å². The van der Waals surface area contributed by atoms with Gasteiger partial charge in [-0.05, 0) is 18.2 Å². The van der Waals surface area contributed by atoms with Gasteiger partial charge in [0.1, 0.15) is 11.9 Å². The van der Waals surface area contributed by atoms with Crippen LogP contribution in [0.4, 0.5) is 29.3 Å². The number of nitrogens with zero attached hydrogens (tertiary/aromatic N) is 2. The van der Waals surface area contributed by atoms with Gasteiger partial charge in [-0.15, -0.1) is 0 Å². The summed E-state index contributed by atoms with van der Waals surface area (Å²) in [6.07, 6.45) is -4.79. The number of rotatable bonds is 5. The third-order valence-corrected chi connectivity index (χ3v) is 6.11. The molecule has 1 N–H and O–H groups in total. The second-order valence-electron chi connectivity index (χ2n) is 6.44. The molecule has 2 aliphatic rings. The highest BCUT2D eigenvalue weighted by atomic mass is 32.2. The van der Waals surface area contributed by atoms with Crippen LogP contribution in [0.5, 0.6) is 0 Å². The van der Waals surface area contributed by atoms with E-state index < -0.39 is 40.2 Å². The molecule has 0 aromatic heterocycles. The molecule has 2 heterocycles. The number of halogens is 3. The summed E-state index contributed by atoms with van der Waals surface area (Å²) >= 11 is 0. The minimum atomic E-state index is -3.17. The van der Waals surface area contributed by atoms with E-state index in [1.165, 1.54) is 12.1 Å². The van der Waals surface area contributed by atoms with Crippen LogP contribution in [0.25, 0.3) is 0 Å². The number of sulfone groups is 1. The standard InChI is InChI=1S/C16H18F3N3O5S/c17-12-7-10(1-2-13(12)21-3-5-28(25,26)6-4-21)22-9-11(27-16(22)24)8-20-15(23)14(18)19/h1-2,7,11,14H,3-6,8-9H2,(H,20,23)/t11-/m0/s1. The first-order valence-corrected chi connectivity index (χ1v) is 10.3. The minimum absolute atomic E-state index is 0.0386. The topological polar surface area (TPSA) is 96.0 Å². The Bertz CT molecular complexity index is 866. The molecule has 3 rings (SSSR count). The van der Waals surface area contributed by atoms with E-state index in [9.17, 15) is 31.2 Å². The van der Waals surface area contributed by atoms with Crippen LogP contribution < -0.4 is 15.1 Å². The molecule has 0 spiro atoms. The number of benzene rings is 1. The van der Waals surface area contributed by atoms with E-state index in [4.69, 9.17) is 4.74 Å². The zero-order valence-electron chi connectivity index (χ0n) is 14.6. The van der Waals surface area contributed by atoms with Crippen molar-refractivity contribution in [2.24, 2.45) is 0 Å². The SMILES string of the molecule is O=C(NC[C@H]1CN(c2ccc(N3CCS(=O)(=O)CC3)c(F)c2)C(=O)O1)C(F)F. The molecule has 1 aromatic carbocycles. The summed E-state index contributed by atoms with van der Waals surface area (Å²) in [6, 6.07) is 4.06. The molecule has 0 aliphatic carbocycles. The summed E-state index contributed by atoms with van der Waals surface area (Å²) in [5.41, 5.74) is 0.436. The molecule has 2 fully saturated rings. The van der Waals surface area contributed by atoms with Crippen molar-refractivity contribution in [3.63, 3.8) is 0 Å². The van der Waals surface area contributed by atoms with Crippen LogP contribution in [0.2, 0.25) is 0 Å². The third-order valence-electron chi connectivity index (χ3n) is 4.50. The number of hydrogen-bond donors (Lipinski definition) is 1. The van der Waals surface area contributed by atoms with E-state index >= 15 is 0 Å². The van der Waals surface area contributed by atoms with Crippen LogP contribution >= 0.6 is 0 Å². The quantitative estimate of drug-likeness (QED) is 0.755. The van der Waals surface area contributed by atoms with E-state index in [-0.39, 0.29) is 49.1 Å². The second kappa shape index (κ2) is 7.86. The highest BCUT2D eigenvalue weighted by Gasteiger charge is 2.34. The fourth-order valence-electron chi connectivity index (χ4n) is 3.00. The maximum atomic E-state index is 14.5. The van der Waals surface area contributed by atoms with Gasteiger partial charge in [0.05, 0.1) is 36.0 Å². The minimum Gasteiger partial charge on any atom is -0.442 e. The number of ether oxygens (including phenoxy) is 1. The Labute approximate surface area is 159 Å². The first kappa shape index (κ1) is 20.2. The van der Waals surface area contributed by atoms with Crippen molar-refractivity contribution in [2.45, 2.75) is 12.5 Å². The summed E-state index contributed by atoms with van der Waals surface area (Å²) in [4.78, 5) is 25.6. The van der Waals surface area contributed by atoms with Gasteiger partial charge in [0.25, 0.3) is 5.91 Å². The molecule has 0 unspecified atom stereocenters. The molecule has 0 radical (unpaired) electrons. The maximum absolute atomic E-state index is 14.5. The Morgan fingerprint density at radius 3 is 2.57 bits per heavy atom. The first-order valence-electron chi connectivity index (χ1n) is 8.45. The summed E-state index contributed by atoms with van der Waals surface area (Å²) in [5.74, 6) is -2.20. The van der Waals surface area contributed by atoms with Crippen LogP contribution in [0.15, 0.2) is 18.2 Å². The maximum Gasteiger partial charge on any atom is 0.414 e. The van der Waals surface area contributed by atoms with Gasteiger partial charge >= 0.3 is 12.5 Å². The molecule has 0 saturated carbocycles. The molecule has 2 amide bonds. The lowest BCUT2D eigenvalue weighted by Gasteiger charge is -2.29. The highest BCUT2D eigenvalue weighted by Crippen LogP contribution is 2.28. The molecule has 12 heteroatoms. The van der Waals surface area contributed by atoms with Crippen molar-refractivity contribution in [3.8, 4) is 0 Å².